The van der Waals surface area contributed by atoms with Crippen molar-refractivity contribution in [1.82, 2.24) is 9.97 Å². The predicted molar refractivity (Wildman–Crippen MR) is 62.6 cm³/mol. The SMILES string of the molecule is CCN(C)c1cc(Cl)nc(NC2CC2)n1. The van der Waals surface area contributed by atoms with Gasteiger partial charge in [-0.15, -0.1) is 0 Å². The maximum Gasteiger partial charge on any atom is 0.226 e. The number of hydrogen-bond donors (Lipinski definition) is 1. The van der Waals surface area contributed by atoms with Crippen LogP contribution in [-0.2, 0) is 0 Å². The van der Waals surface area contributed by atoms with Crippen molar-refractivity contribution in [2.45, 2.75) is 25.8 Å². The lowest BCUT2D eigenvalue weighted by Gasteiger charge is -2.16. The van der Waals surface area contributed by atoms with Gasteiger partial charge in [-0.05, 0) is 19.8 Å². The van der Waals surface area contributed by atoms with Crippen LogP contribution < -0.4 is 10.2 Å². The van der Waals surface area contributed by atoms with Crippen LogP contribution in [0.5, 0.6) is 0 Å². The summed E-state index contributed by atoms with van der Waals surface area (Å²) in [4.78, 5) is 10.6. The normalized spacial score (nSPS) is 15.1. The molecule has 15 heavy (non-hydrogen) atoms. The summed E-state index contributed by atoms with van der Waals surface area (Å²) in [6.45, 7) is 2.97. The van der Waals surface area contributed by atoms with Crippen molar-refractivity contribution in [2.24, 2.45) is 0 Å². The fourth-order valence-electron chi connectivity index (χ4n) is 1.24. The number of nitrogens with one attached hydrogen (secondary N) is 1. The van der Waals surface area contributed by atoms with Gasteiger partial charge in [0.25, 0.3) is 0 Å². The van der Waals surface area contributed by atoms with Crippen LogP contribution in [0.15, 0.2) is 6.07 Å². The Morgan fingerprint density at radius 3 is 2.87 bits per heavy atom. The summed E-state index contributed by atoms with van der Waals surface area (Å²) >= 11 is 5.94. The van der Waals surface area contributed by atoms with Gasteiger partial charge in [0.2, 0.25) is 5.95 Å². The van der Waals surface area contributed by atoms with E-state index in [9.17, 15) is 0 Å². The number of hydrogen-bond acceptors (Lipinski definition) is 4. The van der Waals surface area contributed by atoms with E-state index in [4.69, 9.17) is 11.6 Å². The van der Waals surface area contributed by atoms with Gasteiger partial charge in [0, 0.05) is 25.7 Å². The molecule has 4 nitrogen and oxygen atoms in total. The molecule has 1 aromatic rings. The molecule has 1 N–H and O–H groups in total. The molecule has 0 unspecified atom stereocenters. The number of aromatic nitrogens is 2. The van der Waals surface area contributed by atoms with Gasteiger partial charge in [0.05, 0.1) is 0 Å². The van der Waals surface area contributed by atoms with Crippen molar-refractivity contribution in [3.8, 4) is 0 Å². The second-order valence-electron chi connectivity index (χ2n) is 3.81. The second kappa shape index (κ2) is 4.23. The summed E-state index contributed by atoms with van der Waals surface area (Å²) < 4.78 is 0. The third-order valence-corrected chi connectivity index (χ3v) is 2.65. The Morgan fingerprint density at radius 2 is 2.27 bits per heavy atom. The van der Waals surface area contributed by atoms with Gasteiger partial charge >= 0.3 is 0 Å². The summed E-state index contributed by atoms with van der Waals surface area (Å²) in [6, 6.07) is 2.33. The van der Waals surface area contributed by atoms with Crippen LogP contribution >= 0.6 is 11.6 Å². The fraction of sp³-hybridized carbons (Fsp3) is 0.600. The van der Waals surface area contributed by atoms with Crippen LogP contribution in [0.4, 0.5) is 11.8 Å². The first-order valence-electron chi connectivity index (χ1n) is 5.21. The highest BCUT2D eigenvalue weighted by Crippen LogP contribution is 2.25. The van der Waals surface area contributed by atoms with Gasteiger partial charge in [-0.3, -0.25) is 0 Å². The van der Waals surface area contributed by atoms with Gasteiger partial charge in [-0.25, -0.2) is 4.98 Å². The number of rotatable bonds is 4. The zero-order valence-corrected chi connectivity index (χ0v) is 9.75. The van der Waals surface area contributed by atoms with E-state index >= 15 is 0 Å². The van der Waals surface area contributed by atoms with Crippen molar-refractivity contribution in [3.63, 3.8) is 0 Å². The van der Waals surface area contributed by atoms with Crippen molar-refractivity contribution >= 4 is 23.4 Å². The van der Waals surface area contributed by atoms with Gasteiger partial charge in [-0.1, -0.05) is 11.6 Å². The number of anilines is 2. The zero-order chi connectivity index (χ0) is 10.8. The lowest BCUT2D eigenvalue weighted by Crippen LogP contribution is -2.18. The molecular weight excluding hydrogens is 212 g/mol. The summed E-state index contributed by atoms with van der Waals surface area (Å²) in [5.41, 5.74) is 0. The van der Waals surface area contributed by atoms with Gasteiger partial charge in [0.15, 0.2) is 0 Å². The molecule has 1 heterocycles. The van der Waals surface area contributed by atoms with E-state index in [0.717, 1.165) is 12.4 Å². The van der Waals surface area contributed by atoms with Crippen molar-refractivity contribution in [2.75, 3.05) is 23.8 Å². The molecule has 1 aromatic heterocycles. The molecule has 1 fully saturated rings. The maximum atomic E-state index is 5.94. The van der Waals surface area contributed by atoms with E-state index in [2.05, 4.69) is 22.2 Å². The number of nitrogens with zero attached hydrogens (tertiary/aromatic N) is 3. The van der Waals surface area contributed by atoms with Gasteiger partial charge < -0.3 is 10.2 Å². The van der Waals surface area contributed by atoms with Crippen molar-refractivity contribution in [3.05, 3.63) is 11.2 Å². The third-order valence-electron chi connectivity index (χ3n) is 2.46. The molecule has 5 heteroatoms. The molecule has 0 aromatic carbocycles. The predicted octanol–water partition coefficient (Wildman–Crippen LogP) is 2.16. The Hall–Kier alpha value is -1.03. The van der Waals surface area contributed by atoms with E-state index in [1.165, 1.54) is 12.8 Å². The van der Waals surface area contributed by atoms with Crippen molar-refractivity contribution < 1.29 is 0 Å². The molecule has 0 saturated heterocycles. The molecule has 82 valence electrons. The molecule has 0 spiro atoms. The first kappa shape index (κ1) is 10.5. The minimum absolute atomic E-state index is 0.489. The quantitative estimate of drug-likeness (QED) is 0.799. The highest BCUT2D eigenvalue weighted by molar-refractivity contribution is 6.29. The lowest BCUT2D eigenvalue weighted by molar-refractivity contribution is 0.924. The minimum Gasteiger partial charge on any atom is -0.360 e. The van der Waals surface area contributed by atoms with E-state index in [-0.39, 0.29) is 0 Å². The summed E-state index contributed by atoms with van der Waals surface area (Å²) in [6.07, 6.45) is 2.41. The average molecular weight is 227 g/mol. The highest BCUT2D eigenvalue weighted by Gasteiger charge is 2.22. The average Bonchev–Trinajstić information content (AvgIpc) is 2.99. The monoisotopic (exact) mass is 226 g/mol. The first-order valence-corrected chi connectivity index (χ1v) is 5.59. The van der Waals surface area contributed by atoms with E-state index in [1.807, 2.05) is 11.9 Å². The Labute approximate surface area is 94.7 Å². The molecule has 0 aliphatic heterocycles. The standard InChI is InChI=1S/C10H15ClN4/c1-3-15(2)9-6-8(11)13-10(14-9)12-7-4-5-7/h6-7H,3-5H2,1-2H3,(H,12,13,14). The molecule has 1 aliphatic carbocycles. The maximum absolute atomic E-state index is 5.94. The molecule has 0 bridgehead atoms. The Kier molecular flexibility index (Phi) is 2.95. The molecule has 1 aliphatic rings. The molecule has 0 radical (unpaired) electrons. The first-order chi connectivity index (χ1) is 7.19. The Morgan fingerprint density at radius 1 is 1.53 bits per heavy atom. The van der Waals surface area contributed by atoms with E-state index in [0.29, 0.717) is 17.1 Å². The fourth-order valence-corrected chi connectivity index (χ4v) is 1.42. The van der Waals surface area contributed by atoms with Crippen LogP contribution in [0, 0.1) is 0 Å². The summed E-state index contributed by atoms with van der Waals surface area (Å²) in [7, 11) is 1.99. The van der Waals surface area contributed by atoms with E-state index in [1.54, 1.807) is 6.07 Å². The Balaban J connectivity index is 2.18. The molecular formula is C10H15ClN4. The summed E-state index contributed by atoms with van der Waals surface area (Å²) in [5, 5.41) is 3.73. The van der Waals surface area contributed by atoms with Gasteiger partial charge in [-0.2, -0.15) is 4.98 Å². The largest absolute Gasteiger partial charge is 0.360 e. The molecule has 1 saturated carbocycles. The number of halogens is 1. The second-order valence-corrected chi connectivity index (χ2v) is 4.19. The highest BCUT2D eigenvalue weighted by atomic mass is 35.5. The van der Waals surface area contributed by atoms with E-state index < -0.39 is 0 Å². The van der Waals surface area contributed by atoms with Crippen LogP contribution in [0.3, 0.4) is 0 Å². The Bertz CT molecular complexity index is 351. The zero-order valence-electron chi connectivity index (χ0n) is 9.00. The summed E-state index contributed by atoms with van der Waals surface area (Å²) in [5.74, 6) is 1.50. The molecule has 0 atom stereocenters. The minimum atomic E-state index is 0.489. The molecule has 2 rings (SSSR count). The van der Waals surface area contributed by atoms with Crippen molar-refractivity contribution in [1.29, 1.82) is 0 Å². The van der Waals surface area contributed by atoms with Gasteiger partial charge in [0.1, 0.15) is 11.0 Å². The van der Waals surface area contributed by atoms with Crippen LogP contribution in [0.1, 0.15) is 19.8 Å². The topological polar surface area (TPSA) is 41.1 Å². The molecule has 0 amide bonds. The van der Waals surface area contributed by atoms with Crippen LogP contribution in [0.2, 0.25) is 5.15 Å². The van der Waals surface area contributed by atoms with Crippen LogP contribution in [0.25, 0.3) is 0 Å². The third kappa shape index (κ3) is 2.72. The van der Waals surface area contributed by atoms with Crippen LogP contribution in [-0.4, -0.2) is 29.6 Å². The lowest BCUT2D eigenvalue weighted by atomic mass is 10.5. The smallest absolute Gasteiger partial charge is 0.226 e.